The van der Waals surface area contributed by atoms with Gasteiger partial charge in [-0.15, -0.1) is 13.2 Å². The third kappa shape index (κ3) is 2.97. The van der Waals surface area contributed by atoms with Crippen molar-refractivity contribution in [2.45, 2.75) is 19.5 Å². The summed E-state index contributed by atoms with van der Waals surface area (Å²) in [7, 11) is 0. The van der Waals surface area contributed by atoms with Gasteiger partial charge in [0.2, 0.25) is 0 Å². The Morgan fingerprint density at radius 2 is 2.06 bits per heavy atom. The fraction of sp³-hybridized carbons (Fsp3) is 0.375. The second-order valence-corrected chi connectivity index (χ2v) is 2.84. The summed E-state index contributed by atoms with van der Waals surface area (Å²) in [5.41, 5.74) is 5.14. The maximum Gasteiger partial charge on any atom is 0.574 e. The molecule has 90 valence electrons. The largest absolute Gasteiger partial charge is 0.574 e. The normalized spacial score (nSPS) is 11.6. The molecule has 5 nitrogen and oxygen atoms in total. The van der Waals surface area contributed by atoms with E-state index >= 15 is 0 Å². The van der Waals surface area contributed by atoms with Crippen LogP contribution in [-0.4, -0.2) is 21.6 Å². The SMILES string of the molecule is NCc1cc(CO)nc(OC(F)(F)F)c1O. The minimum absolute atomic E-state index is 0.0123. The highest BCUT2D eigenvalue weighted by Crippen LogP contribution is 2.32. The summed E-state index contributed by atoms with van der Waals surface area (Å²) >= 11 is 0. The van der Waals surface area contributed by atoms with E-state index in [0.717, 1.165) is 0 Å². The van der Waals surface area contributed by atoms with Crippen LogP contribution >= 0.6 is 0 Å². The molecule has 0 amide bonds. The zero-order valence-electron chi connectivity index (χ0n) is 7.95. The number of nitrogens with two attached hydrogens (primary N) is 1. The molecule has 1 aromatic heterocycles. The van der Waals surface area contributed by atoms with Crippen molar-refractivity contribution in [2.24, 2.45) is 5.73 Å². The molecule has 0 aromatic carbocycles. The van der Waals surface area contributed by atoms with E-state index in [0.29, 0.717) is 0 Å². The molecule has 0 fully saturated rings. The lowest BCUT2D eigenvalue weighted by molar-refractivity contribution is -0.276. The first kappa shape index (κ1) is 12.5. The van der Waals surface area contributed by atoms with Gasteiger partial charge in [-0.25, -0.2) is 4.98 Å². The maximum absolute atomic E-state index is 11.9. The van der Waals surface area contributed by atoms with Gasteiger partial charge in [0.25, 0.3) is 5.88 Å². The molecule has 0 aliphatic rings. The van der Waals surface area contributed by atoms with Crippen LogP contribution in [0.4, 0.5) is 13.2 Å². The minimum Gasteiger partial charge on any atom is -0.503 e. The minimum atomic E-state index is -4.97. The van der Waals surface area contributed by atoms with Crippen LogP contribution in [0, 0.1) is 0 Å². The fourth-order valence-electron chi connectivity index (χ4n) is 1.04. The Kier molecular flexibility index (Phi) is 3.55. The highest BCUT2D eigenvalue weighted by atomic mass is 19.4. The van der Waals surface area contributed by atoms with Crippen molar-refractivity contribution in [1.29, 1.82) is 0 Å². The number of hydrogen-bond donors (Lipinski definition) is 3. The van der Waals surface area contributed by atoms with E-state index in [2.05, 4.69) is 9.72 Å². The number of aromatic hydroxyl groups is 1. The van der Waals surface area contributed by atoms with Gasteiger partial charge in [0.15, 0.2) is 5.75 Å². The Labute approximate surface area is 88.3 Å². The quantitative estimate of drug-likeness (QED) is 0.719. The van der Waals surface area contributed by atoms with Gasteiger partial charge in [-0.2, -0.15) is 0 Å². The Bertz CT molecular complexity index is 382. The Morgan fingerprint density at radius 3 is 2.50 bits per heavy atom. The zero-order chi connectivity index (χ0) is 12.3. The number of aliphatic hydroxyl groups is 1. The molecule has 0 atom stereocenters. The lowest BCUT2D eigenvalue weighted by Gasteiger charge is -2.12. The average Bonchev–Trinajstić information content (AvgIpc) is 2.19. The van der Waals surface area contributed by atoms with Crippen molar-refractivity contribution in [3.8, 4) is 11.6 Å². The van der Waals surface area contributed by atoms with Crippen LogP contribution in [0.15, 0.2) is 6.07 Å². The van der Waals surface area contributed by atoms with Crippen LogP contribution < -0.4 is 10.5 Å². The van der Waals surface area contributed by atoms with Crippen molar-refractivity contribution in [2.75, 3.05) is 0 Å². The van der Waals surface area contributed by atoms with E-state index in [9.17, 15) is 18.3 Å². The van der Waals surface area contributed by atoms with E-state index < -0.39 is 24.6 Å². The number of ether oxygens (including phenoxy) is 1. The van der Waals surface area contributed by atoms with Crippen LogP contribution in [0.5, 0.6) is 11.6 Å². The zero-order valence-corrected chi connectivity index (χ0v) is 7.95. The monoisotopic (exact) mass is 238 g/mol. The van der Waals surface area contributed by atoms with Gasteiger partial charge in [-0.3, -0.25) is 0 Å². The molecular weight excluding hydrogens is 229 g/mol. The molecule has 0 saturated carbocycles. The number of hydrogen-bond acceptors (Lipinski definition) is 5. The van der Waals surface area contributed by atoms with E-state index in [-0.39, 0.29) is 17.8 Å². The van der Waals surface area contributed by atoms with Gasteiger partial charge in [0, 0.05) is 12.1 Å². The van der Waals surface area contributed by atoms with Gasteiger partial charge >= 0.3 is 6.36 Å². The van der Waals surface area contributed by atoms with E-state index in [1.807, 2.05) is 0 Å². The summed E-state index contributed by atoms with van der Waals surface area (Å²) in [6, 6.07) is 1.19. The van der Waals surface area contributed by atoms with E-state index in [1.54, 1.807) is 0 Å². The summed E-state index contributed by atoms with van der Waals surface area (Å²) < 4.78 is 39.3. The smallest absolute Gasteiger partial charge is 0.503 e. The molecule has 0 bridgehead atoms. The second-order valence-electron chi connectivity index (χ2n) is 2.84. The molecule has 4 N–H and O–H groups in total. The number of rotatable bonds is 3. The van der Waals surface area contributed by atoms with Gasteiger partial charge in [-0.05, 0) is 6.07 Å². The molecular formula is C8H9F3N2O3. The molecule has 1 rings (SSSR count). The molecule has 0 saturated heterocycles. The summed E-state index contributed by atoms with van der Waals surface area (Å²) in [6.07, 6.45) is -4.97. The number of halogens is 3. The lowest BCUT2D eigenvalue weighted by atomic mass is 10.2. The van der Waals surface area contributed by atoms with Crippen molar-refractivity contribution in [1.82, 2.24) is 4.98 Å². The first-order valence-corrected chi connectivity index (χ1v) is 4.15. The molecule has 0 spiro atoms. The molecule has 0 unspecified atom stereocenters. The molecule has 1 heterocycles. The standard InChI is InChI=1S/C8H9F3N2O3/c9-8(10,11)16-7-6(15)4(2-12)1-5(3-14)13-7/h1,14-15H,2-3,12H2. The van der Waals surface area contributed by atoms with Crippen LogP contribution in [0.3, 0.4) is 0 Å². The predicted molar refractivity (Wildman–Crippen MR) is 46.4 cm³/mol. The van der Waals surface area contributed by atoms with Crippen LogP contribution in [0.2, 0.25) is 0 Å². The number of nitrogens with zero attached hydrogens (tertiary/aromatic N) is 1. The number of alkyl halides is 3. The van der Waals surface area contributed by atoms with Crippen LogP contribution in [0.1, 0.15) is 11.3 Å². The third-order valence-electron chi connectivity index (χ3n) is 1.69. The molecule has 0 aliphatic heterocycles. The summed E-state index contributed by atoms with van der Waals surface area (Å²) in [5, 5.41) is 18.1. The highest BCUT2D eigenvalue weighted by molar-refractivity contribution is 5.42. The second kappa shape index (κ2) is 4.54. The van der Waals surface area contributed by atoms with E-state index in [4.69, 9.17) is 10.8 Å². The topological polar surface area (TPSA) is 88.6 Å². The summed E-state index contributed by atoms with van der Waals surface area (Å²) in [5.74, 6) is -1.79. The first-order chi connectivity index (χ1) is 7.37. The molecule has 16 heavy (non-hydrogen) atoms. The summed E-state index contributed by atoms with van der Waals surface area (Å²) in [4.78, 5) is 3.29. The van der Waals surface area contributed by atoms with Crippen molar-refractivity contribution >= 4 is 0 Å². The third-order valence-corrected chi connectivity index (χ3v) is 1.69. The van der Waals surface area contributed by atoms with Gasteiger partial charge < -0.3 is 20.7 Å². The van der Waals surface area contributed by atoms with Crippen LogP contribution in [-0.2, 0) is 13.2 Å². The molecule has 0 radical (unpaired) electrons. The van der Waals surface area contributed by atoms with Gasteiger partial charge in [0.05, 0.1) is 12.3 Å². The van der Waals surface area contributed by atoms with Crippen molar-refractivity contribution in [3.05, 3.63) is 17.3 Å². The average molecular weight is 238 g/mol. The molecule has 8 heteroatoms. The Balaban J connectivity index is 3.16. The molecule has 1 aromatic rings. The van der Waals surface area contributed by atoms with E-state index in [1.165, 1.54) is 6.07 Å². The van der Waals surface area contributed by atoms with Crippen LogP contribution in [0.25, 0.3) is 0 Å². The number of pyridine rings is 1. The Hall–Kier alpha value is -1.54. The van der Waals surface area contributed by atoms with Crippen molar-refractivity contribution in [3.63, 3.8) is 0 Å². The fourth-order valence-corrected chi connectivity index (χ4v) is 1.04. The van der Waals surface area contributed by atoms with Gasteiger partial charge in [0.1, 0.15) is 0 Å². The predicted octanol–water partition coefficient (Wildman–Crippen LogP) is 0.637. The van der Waals surface area contributed by atoms with Gasteiger partial charge in [-0.1, -0.05) is 0 Å². The highest BCUT2D eigenvalue weighted by Gasteiger charge is 2.33. The van der Waals surface area contributed by atoms with Crippen molar-refractivity contribution < 1.29 is 28.1 Å². The molecule has 0 aliphatic carbocycles. The maximum atomic E-state index is 11.9. The first-order valence-electron chi connectivity index (χ1n) is 4.15. The summed E-state index contributed by atoms with van der Waals surface area (Å²) in [6.45, 7) is -0.781. The Morgan fingerprint density at radius 1 is 1.44 bits per heavy atom. The number of aromatic nitrogens is 1. The lowest BCUT2D eigenvalue weighted by Crippen LogP contribution is -2.19. The number of aliphatic hydroxyl groups excluding tert-OH is 1.